The monoisotopic (exact) mass is 403 g/mol. The van der Waals surface area contributed by atoms with Gasteiger partial charge in [0.2, 0.25) is 0 Å². The lowest BCUT2D eigenvalue weighted by molar-refractivity contribution is 0.100. The van der Waals surface area contributed by atoms with E-state index in [1.165, 1.54) is 0 Å². The number of Topliss-reactive ketones (excluding diaryl/α,β-unsaturated/α-hetero) is 1. The van der Waals surface area contributed by atoms with Gasteiger partial charge in [0.25, 0.3) is 0 Å². The maximum Gasteiger partial charge on any atom is 0.196 e. The number of rotatable bonds is 4. The van der Waals surface area contributed by atoms with Crippen LogP contribution >= 0.6 is 0 Å². The number of anilines is 3. The lowest BCUT2D eigenvalue weighted by Gasteiger charge is -2.25. The fraction of sp³-hybridized carbons (Fsp3) is 0.0357. The Balaban J connectivity index is 1.46. The number of ether oxygens (including phenoxy) is 1. The number of hydrogen-bond donors (Lipinski definition) is 0. The average molecular weight is 403 g/mol. The topological polar surface area (TPSA) is 29.5 Å². The molecule has 0 amide bonds. The summed E-state index contributed by atoms with van der Waals surface area (Å²) < 4.78 is 5.76. The van der Waals surface area contributed by atoms with Gasteiger partial charge < -0.3 is 9.64 Å². The zero-order valence-corrected chi connectivity index (χ0v) is 16.9. The van der Waals surface area contributed by atoms with Crippen LogP contribution in [0.3, 0.4) is 0 Å². The van der Waals surface area contributed by atoms with Gasteiger partial charge in [0, 0.05) is 22.6 Å². The van der Waals surface area contributed by atoms with Crippen LogP contribution in [0.15, 0.2) is 115 Å². The van der Waals surface area contributed by atoms with E-state index in [2.05, 4.69) is 41.3 Å². The number of ketones is 1. The summed E-state index contributed by atoms with van der Waals surface area (Å²) in [5, 5.41) is 0. The molecule has 31 heavy (non-hydrogen) atoms. The van der Waals surface area contributed by atoms with E-state index in [1.54, 1.807) is 0 Å². The van der Waals surface area contributed by atoms with Crippen LogP contribution in [0, 0.1) is 0 Å². The quantitative estimate of drug-likeness (QED) is 0.350. The molecule has 1 heterocycles. The minimum Gasteiger partial charge on any atom is -0.488 e. The number of hydrogen-bond acceptors (Lipinski definition) is 3. The summed E-state index contributed by atoms with van der Waals surface area (Å²) in [4.78, 5) is 15.0. The van der Waals surface area contributed by atoms with E-state index >= 15 is 0 Å². The van der Waals surface area contributed by atoms with Crippen LogP contribution in [-0.2, 0) is 0 Å². The van der Waals surface area contributed by atoms with Crippen molar-refractivity contribution in [2.24, 2.45) is 0 Å². The molecule has 5 rings (SSSR count). The zero-order valence-electron chi connectivity index (χ0n) is 16.9. The summed E-state index contributed by atoms with van der Waals surface area (Å²) in [6, 6.07) is 36.2. The smallest absolute Gasteiger partial charge is 0.196 e. The van der Waals surface area contributed by atoms with Gasteiger partial charge in [-0.15, -0.1) is 0 Å². The molecule has 0 spiro atoms. The Bertz CT molecular complexity index is 1190. The molecule has 0 aromatic heterocycles. The van der Waals surface area contributed by atoms with Crippen LogP contribution in [0.1, 0.15) is 15.9 Å². The van der Waals surface area contributed by atoms with E-state index in [0.29, 0.717) is 16.9 Å². The third-order valence-electron chi connectivity index (χ3n) is 5.33. The predicted octanol–water partition coefficient (Wildman–Crippen LogP) is 6.82. The van der Waals surface area contributed by atoms with Gasteiger partial charge in [-0.3, -0.25) is 4.79 Å². The molecule has 0 fully saturated rings. The Morgan fingerprint density at radius 1 is 0.645 bits per heavy atom. The third-order valence-corrected chi connectivity index (χ3v) is 5.33. The fourth-order valence-corrected chi connectivity index (χ4v) is 3.80. The number of benzene rings is 4. The first-order valence-electron chi connectivity index (χ1n) is 10.3. The second-order valence-electron chi connectivity index (χ2n) is 7.38. The average Bonchev–Trinajstić information content (AvgIpc) is 2.84. The number of fused-ring (bicyclic) bond motifs is 1. The van der Waals surface area contributed by atoms with Gasteiger partial charge in [-0.2, -0.15) is 0 Å². The molecular formula is C28H21NO2. The van der Waals surface area contributed by atoms with Crippen molar-refractivity contribution >= 4 is 28.9 Å². The van der Waals surface area contributed by atoms with Crippen molar-refractivity contribution in [1.82, 2.24) is 0 Å². The van der Waals surface area contributed by atoms with E-state index in [0.717, 1.165) is 22.6 Å². The molecule has 150 valence electrons. The lowest BCUT2D eigenvalue weighted by atomic mass is 9.98. The molecule has 3 nitrogen and oxygen atoms in total. The molecule has 0 saturated carbocycles. The number of para-hydroxylation sites is 3. The Hall–Kier alpha value is -4.11. The van der Waals surface area contributed by atoms with Crippen LogP contribution in [0.2, 0.25) is 0 Å². The van der Waals surface area contributed by atoms with Crippen molar-refractivity contribution in [3.63, 3.8) is 0 Å². The fourth-order valence-electron chi connectivity index (χ4n) is 3.80. The molecule has 0 atom stereocenters. The van der Waals surface area contributed by atoms with E-state index in [9.17, 15) is 4.79 Å². The first-order valence-corrected chi connectivity index (χ1v) is 10.3. The van der Waals surface area contributed by atoms with E-state index in [4.69, 9.17) is 4.74 Å². The Kier molecular flexibility index (Phi) is 5.07. The maximum absolute atomic E-state index is 12.8. The van der Waals surface area contributed by atoms with E-state index in [-0.39, 0.29) is 12.4 Å². The molecule has 0 N–H and O–H groups in total. The molecule has 4 aromatic carbocycles. The molecule has 0 saturated heterocycles. The summed E-state index contributed by atoms with van der Waals surface area (Å²) in [6.45, 7) is 0.289. The van der Waals surface area contributed by atoms with E-state index in [1.807, 2.05) is 78.9 Å². The SMILES string of the molecule is O=C1C(=Cc2ccc(N(c3ccccc3)c3ccccc3)cc2)COc2ccccc21. The van der Waals surface area contributed by atoms with Crippen molar-refractivity contribution in [3.05, 3.63) is 126 Å². The second-order valence-corrected chi connectivity index (χ2v) is 7.38. The summed E-state index contributed by atoms with van der Waals surface area (Å²) in [5.41, 5.74) is 5.48. The van der Waals surface area contributed by atoms with Crippen LogP contribution in [0.25, 0.3) is 6.08 Å². The predicted molar refractivity (Wildman–Crippen MR) is 125 cm³/mol. The summed E-state index contributed by atoms with van der Waals surface area (Å²) in [6.07, 6.45) is 1.91. The van der Waals surface area contributed by atoms with Crippen molar-refractivity contribution in [2.45, 2.75) is 0 Å². The van der Waals surface area contributed by atoms with Gasteiger partial charge in [0.15, 0.2) is 5.78 Å². The number of carbonyl (C=O) groups excluding carboxylic acids is 1. The first kappa shape index (κ1) is 18.9. The summed E-state index contributed by atoms with van der Waals surface area (Å²) >= 11 is 0. The Labute approximate surface area is 181 Å². The molecule has 1 aliphatic rings. The van der Waals surface area contributed by atoms with Gasteiger partial charge >= 0.3 is 0 Å². The third kappa shape index (κ3) is 3.86. The first-order chi connectivity index (χ1) is 15.3. The van der Waals surface area contributed by atoms with Crippen LogP contribution in [0.4, 0.5) is 17.1 Å². The van der Waals surface area contributed by atoms with Crippen molar-refractivity contribution < 1.29 is 9.53 Å². The Morgan fingerprint density at radius 2 is 1.19 bits per heavy atom. The highest BCUT2D eigenvalue weighted by molar-refractivity contribution is 6.14. The van der Waals surface area contributed by atoms with Crippen molar-refractivity contribution in [3.8, 4) is 5.75 Å². The molecule has 0 aliphatic carbocycles. The normalized spacial score (nSPS) is 14.1. The lowest BCUT2D eigenvalue weighted by Crippen LogP contribution is -2.18. The molecule has 0 radical (unpaired) electrons. The summed E-state index contributed by atoms with van der Waals surface area (Å²) in [5.74, 6) is 0.683. The highest BCUT2D eigenvalue weighted by Gasteiger charge is 2.22. The molecule has 4 aromatic rings. The van der Waals surface area contributed by atoms with Crippen molar-refractivity contribution in [1.29, 1.82) is 0 Å². The highest BCUT2D eigenvalue weighted by Crippen LogP contribution is 2.34. The minimum atomic E-state index is 0.0288. The van der Waals surface area contributed by atoms with Gasteiger partial charge in [-0.1, -0.05) is 60.7 Å². The van der Waals surface area contributed by atoms with E-state index < -0.39 is 0 Å². The maximum atomic E-state index is 12.8. The van der Waals surface area contributed by atoms with Gasteiger partial charge in [-0.25, -0.2) is 0 Å². The summed E-state index contributed by atoms with van der Waals surface area (Å²) in [7, 11) is 0. The standard InChI is InChI=1S/C28H21NO2/c30-28-22(20-31-27-14-8-7-13-26(27)28)19-21-15-17-25(18-16-21)29(23-9-3-1-4-10-23)24-11-5-2-6-12-24/h1-19H,20H2. The number of nitrogens with zero attached hydrogens (tertiary/aromatic N) is 1. The van der Waals surface area contributed by atoms with Gasteiger partial charge in [0.05, 0.1) is 5.56 Å². The van der Waals surface area contributed by atoms with Crippen molar-refractivity contribution in [2.75, 3.05) is 11.5 Å². The second kappa shape index (κ2) is 8.33. The van der Waals surface area contributed by atoms with Gasteiger partial charge in [0.1, 0.15) is 12.4 Å². The van der Waals surface area contributed by atoms with Crippen LogP contribution < -0.4 is 9.64 Å². The number of carbonyl (C=O) groups is 1. The largest absolute Gasteiger partial charge is 0.488 e. The Morgan fingerprint density at radius 3 is 1.84 bits per heavy atom. The molecule has 1 aliphatic heterocycles. The van der Waals surface area contributed by atoms with Gasteiger partial charge in [-0.05, 0) is 60.2 Å². The minimum absolute atomic E-state index is 0.0288. The van der Waals surface area contributed by atoms with Crippen LogP contribution in [-0.4, -0.2) is 12.4 Å². The van der Waals surface area contributed by atoms with Crippen LogP contribution in [0.5, 0.6) is 5.75 Å². The molecule has 0 unspecified atom stereocenters. The molecular weight excluding hydrogens is 382 g/mol. The molecule has 3 heteroatoms. The highest BCUT2D eigenvalue weighted by atomic mass is 16.5. The zero-order chi connectivity index (χ0) is 21.0. The molecule has 0 bridgehead atoms.